The van der Waals surface area contributed by atoms with Crippen molar-refractivity contribution in [1.82, 2.24) is 58.1 Å². The molecule has 1 saturated heterocycles. The van der Waals surface area contributed by atoms with E-state index in [2.05, 4.69) is 58.2 Å². The normalized spacial score (nSPS) is 15.8. The first-order valence-electron chi connectivity index (χ1n) is 27.0. The number of nitrogens with two attached hydrogens (primary N) is 4. The SMILES string of the molecule is CC(C)C[C@H](NC(=O)[C@H](CCC(N)=O)NC(=O)CNC(=O)[C@H](CCCN=C(N)N)NC(=O)[C@H](C)NC(=O)[C@H](C)NC(=O)[C@@H](NC(=O)CNC(=O)[C@H](CCC(=O)O)NC(=O)[C@@H](N)CC(C)C)C(C)C)C(=O)NCC(=O)N1CCC[C@H]1C(=O)O. The van der Waals surface area contributed by atoms with E-state index in [1.165, 1.54) is 13.8 Å². The quantitative estimate of drug-likeness (QED) is 0.0156. The van der Waals surface area contributed by atoms with Crippen molar-refractivity contribution in [3.8, 4) is 0 Å². The van der Waals surface area contributed by atoms with Crippen molar-refractivity contribution in [2.75, 3.05) is 32.7 Å². The Morgan fingerprint density at radius 2 is 1.01 bits per heavy atom. The molecule has 1 fully saturated rings. The zero-order chi connectivity index (χ0) is 62.6. The Balaban J connectivity index is 3.04. The van der Waals surface area contributed by atoms with E-state index < -0.39 is 176 Å². The first-order valence-corrected chi connectivity index (χ1v) is 27.0. The van der Waals surface area contributed by atoms with Gasteiger partial charge in [0.15, 0.2) is 5.96 Å². The van der Waals surface area contributed by atoms with Crippen LogP contribution >= 0.6 is 0 Å². The first kappa shape index (κ1) is 71.8. The minimum absolute atomic E-state index is 0.00776. The first-order chi connectivity index (χ1) is 38.2. The zero-order valence-corrected chi connectivity index (χ0v) is 47.8. The molecule has 0 radical (unpaired) electrons. The van der Waals surface area contributed by atoms with E-state index in [1.54, 1.807) is 27.7 Å². The fourth-order valence-corrected chi connectivity index (χ4v) is 8.10. The summed E-state index contributed by atoms with van der Waals surface area (Å²) in [5.41, 5.74) is 22.1. The topological polar surface area (TPSA) is 519 Å². The monoisotopic (exact) mass is 1170 g/mol. The number of hydrogen-bond donors (Lipinski definition) is 16. The van der Waals surface area contributed by atoms with Crippen LogP contribution < -0.4 is 76.1 Å². The number of guanidine groups is 1. The number of primary amides is 1. The van der Waals surface area contributed by atoms with Crippen LogP contribution in [0.4, 0.5) is 0 Å². The number of rotatable bonds is 37. The molecule has 0 aromatic heterocycles. The van der Waals surface area contributed by atoms with Gasteiger partial charge < -0.3 is 91.2 Å². The average Bonchev–Trinajstić information content (AvgIpc) is 3.92. The molecule has 0 aromatic carbocycles. The third-order valence-corrected chi connectivity index (χ3v) is 12.5. The van der Waals surface area contributed by atoms with Crippen molar-refractivity contribution in [2.24, 2.45) is 45.7 Å². The number of aliphatic carboxylic acids is 2. The highest BCUT2D eigenvalue weighted by Crippen LogP contribution is 2.17. The fraction of sp³-hybridized carbons (Fsp3) is 0.700. The van der Waals surface area contributed by atoms with E-state index in [4.69, 9.17) is 28.0 Å². The van der Waals surface area contributed by atoms with Gasteiger partial charge in [0, 0.05) is 25.9 Å². The number of carbonyl (C=O) groups is 14. The molecule has 0 spiro atoms. The molecule has 1 heterocycles. The Morgan fingerprint density at radius 1 is 0.537 bits per heavy atom. The van der Waals surface area contributed by atoms with Crippen molar-refractivity contribution in [3.05, 3.63) is 0 Å². The van der Waals surface area contributed by atoms with E-state index in [9.17, 15) is 72.2 Å². The summed E-state index contributed by atoms with van der Waals surface area (Å²) in [7, 11) is 0. The maximum atomic E-state index is 13.6. The van der Waals surface area contributed by atoms with E-state index in [-0.39, 0.29) is 75.8 Å². The molecule has 32 nitrogen and oxygen atoms in total. The molecule has 32 heteroatoms. The molecule has 1 rings (SSSR count). The van der Waals surface area contributed by atoms with E-state index in [0.717, 1.165) is 4.90 Å². The minimum Gasteiger partial charge on any atom is -0.481 e. The molecule has 1 aliphatic heterocycles. The lowest BCUT2D eigenvalue weighted by Gasteiger charge is -2.26. The standard InChI is InChI=1S/C50H86N16O16/c1-24(2)19-29(51)43(75)63-31(14-16-39(71)72)45(77)57-22-37(69)65-40(26(5)6)48(80)60-27(7)41(73)59-28(8)42(74)62-30(11-9-17-55-50(53)54)44(76)56-21-36(68)61-32(13-15-35(52)67)47(79)64-33(20-25(3)4)46(78)58-23-38(70)66-18-10-12-34(66)49(81)82/h24-34,40H,9-23,51H2,1-8H3,(H2,52,67)(H,56,76)(H,57,77)(H,58,78)(H,59,73)(H,60,80)(H,61,68)(H,62,74)(H,63,75)(H,64,79)(H,65,69)(H,71,72)(H,81,82)(H4,53,54,55)/t27-,28-,29-,30-,31-,32-,33-,34-,40-/m0/s1. The van der Waals surface area contributed by atoms with Gasteiger partial charge in [-0.3, -0.25) is 67.3 Å². The molecule has 0 bridgehead atoms. The Kier molecular flexibility index (Phi) is 31.7. The smallest absolute Gasteiger partial charge is 0.326 e. The number of nitrogens with one attached hydrogen (secondary N) is 10. The summed E-state index contributed by atoms with van der Waals surface area (Å²) in [5, 5.41) is 42.8. The molecule has 462 valence electrons. The maximum Gasteiger partial charge on any atom is 0.326 e. The summed E-state index contributed by atoms with van der Waals surface area (Å²) in [5.74, 6) is -13.5. The third-order valence-electron chi connectivity index (χ3n) is 12.5. The van der Waals surface area contributed by atoms with Crippen LogP contribution in [0.5, 0.6) is 0 Å². The molecule has 0 unspecified atom stereocenters. The van der Waals surface area contributed by atoms with Crippen molar-refractivity contribution in [1.29, 1.82) is 0 Å². The van der Waals surface area contributed by atoms with E-state index in [0.29, 0.717) is 6.42 Å². The lowest BCUT2D eigenvalue weighted by Crippen LogP contribution is -2.58. The highest BCUT2D eigenvalue weighted by Gasteiger charge is 2.36. The molecular weight excluding hydrogens is 1080 g/mol. The number of nitrogens with zero attached hydrogens (tertiary/aromatic N) is 2. The van der Waals surface area contributed by atoms with E-state index >= 15 is 0 Å². The van der Waals surface area contributed by atoms with Gasteiger partial charge in [0.25, 0.3) is 0 Å². The molecule has 9 atom stereocenters. The van der Waals surface area contributed by atoms with Crippen LogP contribution in [0.2, 0.25) is 0 Å². The molecule has 0 aromatic rings. The third kappa shape index (κ3) is 27.8. The lowest BCUT2D eigenvalue weighted by molar-refractivity contribution is -0.148. The number of carboxylic acids is 2. The predicted octanol–water partition coefficient (Wildman–Crippen LogP) is -5.90. The number of hydrogen-bond acceptors (Lipinski definition) is 16. The molecule has 12 amide bonds. The van der Waals surface area contributed by atoms with Crippen LogP contribution in [0.25, 0.3) is 0 Å². The summed E-state index contributed by atoms with van der Waals surface area (Å²) in [6, 6.07) is -11.4. The molecule has 20 N–H and O–H groups in total. The second-order valence-corrected chi connectivity index (χ2v) is 21.0. The average molecular weight is 1170 g/mol. The fourth-order valence-electron chi connectivity index (χ4n) is 8.10. The summed E-state index contributed by atoms with van der Waals surface area (Å²) >= 11 is 0. The van der Waals surface area contributed by atoms with Crippen molar-refractivity contribution in [3.63, 3.8) is 0 Å². The molecule has 0 saturated carbocycles. The highest BCUT2D eigenvalue weighted by atomic mass is 16.4. The van der Waals surface area contributed by atoms with Crippen molar-refractivity contribution >= 4 is 88.8 Å². The Hall–Kier alpha value is -8.19. The van der Waals surface area contributed by atoms with Gasteiger partial charge in [-0.05, 0) is 83.0 Å². The van der Waals surface area contributed by atoms with E-state index in [1.807, 2.05) is 13.8 Å². The van der Waals surface area contributed by atoms with Gasteiger partial charge in [-0.25, -0.2) is 4.79 Å². The summed E-state index contributed by atoms with van der Waals surface area (Å²) in [6.07, 6.45) is -0.492. The number of likely N-dealkylation sites (tertiary alicyclic amines) is 1. The van der Waals surface area contributed by atoms with Gasteiger partial charge in [-0.1, -0.05) is 41.5 Å². The van der Waals surface area contributed by atoms with Crippen LogP contribution in [0, 0.1) is 17.8 Å². The van der Waals surface area contributed by atoms with Crippen LogP contribution in [0.15, 0.2) is 4.99 Å². The lowest BCUT2D eigenvalue weighted by atomic mass is 10.0. The van der Waals surface area contributed by atoms with Gasteiger partial charge in [-0.2, -0.15) is 0 Å². The van der Waals surface area contributed by atoms with Gasteiger partial charge >= 0.3 is 11.9 Å². The minimum atomic E-state index is -1.48. The molecule has 82 heavy (non-hydrogen) atoms. The summed E-state index contributed by atoms with van der Waals surface area (Å²) in [4.78, 5) is 185. The number of amides is 12. The van der Waals surface area contributed by atoms with Gasteiger partial charge in [0.1, 0.15) is 48.3 Å². The number of aliphatic imine (C=N–C) groups is 1. The Bertz CT molecular complexity index is 2310. The zero-order valence-electron chi connectivity index (χ0n) is 47.8. The summed E-state index contributed by atoms with van der Waals surface area (Å²) < 4.78 is 0. The van der Waals surface area contributed by atoms with Gasteiger partial charge in [-0.15, -0.1) is 0 Å². The maximum absolute atomic E-state index is 13.6. The molecule has 0 aliphatic carbocycles. The Labute approximate surface area is 475 Å². The van der Waals surface area contributed by atoms with Gasteiger partial charge in [0.2, 0.25) is 70.9 Å². The largest absolute Gasteiger partial charge is 0.481 e. The van der Waals surface area contributed by atoms with Crippen LogP contribution in [-0.4, -0.2) is 191 Å². The number of carbonyl (C=O) groups excluding carboxylic acids is 12. The summed E-state index contributed by atoms with van der Waals surface area (Å²) in [6.45, 7) is 11.0. The second-order valence-electron chi connectivity index (χ2n) is 21.0. The second kappa shape index (κ2) is 36.2. The molecule has 1 aliphatic rings. The highest BCUT2D eigenvalue weighted by molar-refractivity contribution is 5.98. The van der Waals surface area contributed by atoms with Crippen LogP contribution in [0.1, 0.15) is 120 Å². The van der Waals surface area contributed by atoms with Crippen molar-refractivity contribution < 1.29 is 77.3 Å². The molecular formula is C50H86N16O16. The van der Waals surface area contributed by atoms with Gasteiger partial charge in [0.05, 0.1) is 25.7 Å². The predicted molar refractivity (Wildman–Crippen MR) is 293 cm³/mol. The Morgan fingerprint density at radius 3 is 1.54 bits per heavy atom. The van der Waals surface area contributed by atoms with Crippen molar-refractivity contribution in [2.45, 2.75) is 174 Å². The van der Waals surface area contributed by atoms with Crippen LogP contribution in [0.3, 0.4) is 0 Å². The van der Waals surface area contributed by atoms with Crippen LogP contribution in [-0.2, 0) is 67.1 Å². The number of carboxylic acid groups (broad SMARTS) is 2.